The van der Waals surface area contributed by atoms with Crippen molar-refractivity contribution in [1.29, 1.82) is 0 Å². The van der Waals surface area contributed by atoms with Gasteiger partial charge in [0.25, 0.3) is 6.47 Å². The number of aromatic amines is 1. The van der Waals surface area contributed by atoms with Crippen molar-refractivity contribution in [3.05, 3.63) is 60.6 Å². The standard InChI is InChI=1S/C24H34N4O.C3H6.C2H6.CH2O2/c1-7-14-28(24(29)23(25-6)17(4)5)16-22-26-15-21(27-22)20-12-10-19(11-13-20)18(8-2)9-3;1-2-3-1;1-2;2-1-3/h8-13,15,17,23,25H,2,7,14,16H2,1,3-6H3,(H,26,27);1-3H2;1-2H3;1H,(H,2,3)/b18-9+;;;. The number of carbonyl (C=O) groups excluding carboxylic acids is 1. The van der Waals surface area contributed by atoms with E-state index in [2.05, 4.69) is 66.9 Å². The Morgan fingerprint density at radius 3 is 2.19 bits per heavy atom. The second-order valence-electron chi connectivity index (χ2n) is 8.71. The first-order valence-electron chi connectivity index (χ1n) is 13.3. The van der Waals surface area contributed by atoms with Crippen LogP contribution >= 0.6 is 0 Å². The van der Waals surface area contributed by atoms with Crippen molar-refractivity contribution in [2.75, 3.05) is 13.6 Å². The van der Waals surface area contributed by atoms with E-state index in [0.717, 1.165) is 34.6 Å². The summed E-state index contributed by atoms with van der Waals surface area (Å²) < 4.78 is 0. The summed E-state index contributed by atoms with van der Waals surface area (Å²) in [5, 5.41) is 10.0. The highest BCUT2D eigenvalue weighted by atomic mass is 16.3. The number of amides is 1. The van der Waals surface area contributed by atoms with E-state index in [4.69, 9.17) is 9.90 Å². The number of hydrogen-bond acceptors (Lipinski definition) is 4. The highest BCUT2D eigenvalue weighted by molar-refractivity contribution is 5.82. The van der Waals surface area contributed by atoms with Crippen LogP contribution in [0.5, 0.6) is 0 Å². The maximum atomic E-state index is 13.0. The Balaban J connectivity index is 0.00000141. The molecular formula is C30H48N4O3. The smallest absolute Gasteiger partial charge is 0.290 e. The number of benzene rings is 1. The van der Waals surface area contributed by atoms with Gasteiger partial charge in [-0.1, -0.05) is 96.9 Å². The molecule has 1 atom stereocenters. The van der Waals surface area contributed by atoms with Crippen molar-refractivity contribution < 1.29 is 14.7 Å². The predicted molar refractivity (Wildman–Crippen MR) is 155 cm³/mol. The minimum absolute atomic E-state index is 0.120. The molecule has 0 bridgehead atoms. The molecule has 0 spiro atoms. The largest absolute Gasteiger partial charge is 0.483 e. The number of nitrogens with zero attached hydrogens (tertiary/aromatic N) is 2. The topological polar surface area (TPSA) is 98.3 Å². The van der Waals surface area contributed by atoms with Crippen LogP contribution in [-0.4, -0.2) is 52.0 Å². The van der Waals surface area contributed by atoms with E-state index in [1.54, 1.807) is 0 Å². The van der Waals surface area contributed by atoms with Gasteiger partial charge in [0.1, 0.15) is 5.82 Å². The summed E-state index contributed by atoms with van der Waals surface area (Å²) in [5.41, 5.74) is 4.26. The molecule has 206 valence electrons. The lowest BCUT2D eigenvalue weighted by Crippen LogP contribution is -2.48. The lowest BCUT2D eigenvalue weighted by Gasteiger charge is -2.28. The number of nitrogens with one attached hydrogen (secondary N) is 2. The lowest BCUT2D eigenvalue weighted by molar-refractivity contribution is -0.135. The van der Waals surface area contributed by atoms with Crippen molar-refractivity contribution in [2.45, 2.75) is 79.8 Å². The number of H-pyrrole nitrogens is 1. The van der Waals surface area contributed by atoms with E-state index in [1.165, 1.54) is 19.3 Å². The first-order valence-corrected chi connectivity index (χ1v) is 13.3. The van der Waals surface area contributed by atoms with Gasteiger partial charge in [-0.25, -0.2) is 4.98 Å². The fourth-order valence-corrected chi connectivity index (χ4v) is 3.49. The molecule has 7 heteroatoms. The molecule has 37 heavy (non-hydrogen) atoms. The molecule has 0 saturated heterocycles. The molecule has 7 nitrogen and oxygen atoms in total. The summed E-state index contributed by atoms with van der Waals surface area (Å²) >= 11 is 0. The minimum atomic E-state index is -0.250. The summed E-state index contributed by atoms with van der Waals surface area (Å²) in [6.07, 6.45) is 11.1. The molecule has 3 N–H and O–H groups in total. The molecule has 1 aromatic heterocycles. The maximum Gasteiger partial charge on any atom is 0.290 e. The van der Waals surface area contributed by atoms with Crippen molar-refractivity contribution in [3.63, 3.8) is 0 Å². The third kappa shape index (κ3) is 12.6. The van der Waals surface area contributed by atoms with Gasteiger partial charge in [-0.2, -0.15) is 0 Å². The third-order valence-corrected chi connectivity index (χ3v) is 5.43. The van der Waals surface area contributed by atoms with Gasteiger partial charge in [-0.3, -0.25) is 9.59 Å². The van der Waals surface area contributed by atoms with Gasteiger partial charge in [0, 0.05) is 6.54 Å². The van der Waals surface area contributed by atoms with Crippen LogP contribution in [0.2, 0.25) is 0 Å². The normalized spacial score (nSPS) is 12.5. The molecule has 0 aliphatic heterocycles. The van der Waals surface area contributed by atoms with Gasteiger partial charge in [-0.15, -0.1) is 0 Å². The van der Waals surface area contributed by atoms with Crippen molar-refractivity contribution >= 4 is 18.0 Å². The van der Waals surface area contributed by atoms with Gasteiger partial charge in [0.2, 0.25) is 5.91 Å². The van der Waals surface area contributed by atoms with Crippen LogP contribution in [0.3, 0.4) is 0 Å². The van der Waals surface area contributed by atoms with Crippen LogP contribution in [0.4, 0.5) is 0 Å². The zero-order valence-electron chi connectivity index (χ0n) is 23.9. The summed E-state index contributed by atoms with van der Waals surface area (Å²) in [6, 6.07) is 8.13. The quantitative estimate of drug-likeness (QED) is 0.248. The highest BCUT2D eigenvalue weighted by Gasteiger charge is 2.26. The number of allylic oxidation sites excluding steroid dienone is 3. The number of carbonyl (C=O) groups is 2. The number of hydrogen-bond donors (Lipinski definition) is 3. The molecule has 3 rings (SSSR count). The summed E-state index contributed by atoms with van der Waals surface area (Å²) in [6.45, 7) is 17.0. The molecule has 1 saturated carbocycles. The summed E-state index contributed by atoms with van der Waals surface area (Å²) in [4.78, 5) is 31.1. The Kier molecular flexibility index (Phi) is 18.2. The monoisotopic (exact) mass is 512 g/mol. The maximum absolute atomic E-state index is 13.0. The average molecular weight is 513 g/mol. The Labute approximate surface area is 224 Å². The first-order chi connectivity index (χ1) is 17.9. The zero-order chi connectivity index (χ0) is 28.2. The number of likely N-dealkylation sites (N-methyl/N-ethyl adjacent to an activating group) is 1. The van der Waals surface area contributed by atoms with Crippen LogP contribution < -0.4 is 5.32 Å². The minimum Gasteiger partial charge on any atom is -0.483 e. The van der Waals surface area contributed by atoms with Crippen LogP contribution in [0.25, 0.3) is 16.8 Å². The lowest BCUT2D eigenvalue weighted by atomic mass is 10.0. The number of aromatic nitrogens is 2. The van der Waals surface area contributed by atoms with Gasteiger partial charge in [0.15, 0.2) is 0 Å². The van der Waals surface area contributed by atoms with E-state index >= 15 is 0 Å². The molecule has 2 aromatic rings. The fraction of sp³-hybridized carbons (Fsp3) is 0.500. The Morgan fingerprint density at radius 2 is 1.78 bits per heavy atom. The second-order valence-corrected chi connectivity index (χ2v) is 8.71. The van der Waals surface area contributed by atoms with Crippen molar-refractivity contribution in [3.8, 4) is 11.3 Å². The van der Waals surface area contributed by atoms with Gasteiger partial charge >= 0.3 is 0 Å². The van der Waals surface area contributed by atoms with Gasteiger partial charge < -0.3 is 20.3 Å². The van der Waals surface area contributed by atoms with Crippen LogP contribution in [0.1, 0.15) is 78.6 Å². The summed E-state index contributed by atoms with van der Waals surface area (Å²) in [7, 11) is 1.84. The predicted octanol–water partition coefficient (Wildman–Crippen LogP) is 6.55. The van der Waals surface area contributed by atoms with Gasteiger partial charge in [-0.05, 0) is 43.0 Å². The second kappa shape index (κ2) is 19.9. The number of carboxylic acid groups (broad SMARTS) is 1. The van der Waals surface area contributed by atoms with E-state index < -0.39 is 0 Å². The highest BCUT2D eigenvalue weighted by Crippen LogP contribution is 2.22. The number of rotatable bonds is 10. The SMILES string of the molecule is C1CC1.C=C/C(=C\C)c1ccc(-c2cnc(CN(CCC)C(=O)C(NC)C(C)C)[nH]2)cc1.CC.O=CO. The van der Waals surface area contributed by atoms with Crippen LogP contribution in [0.15, 0.2) is 49.2 Å². The Morgan fingerprint density at radius 1 is 1.22 bits per heavy atom. The van der Waals surface area contributed by atoms with E-state index in [0.29, 0.717) is 13.1 Å². The molecule has 1 amide bonds. The van der Waals surface area contributed by atoms with E-state index in [9.17, 15) is 4.79 Å². The Bertz CT molecular complexity index is 928. The third-order valence-electron chi connectivity index (χ3n) is 5.43. The molecule has 1 aromatic carbocycles. The van der Waals surface area contributed by atoms with Crippen LogP contribution in [0, 0.1) is 5.92 Å². The first kappa shape index (κ1) is 33.8. The van der Waals surface area contributed by atoms with E-state index in [-0.39, 0.29) is 24.3 Å². The summed E-state index contributed by atoms with van der Waals surface area (Å²) in [5.74, 6) is 1.15. The fourth-order valence-electron chi connectivity index (χ4n) is 3.49. The molecular weight excluding hydrogens is 464 g/mol. The molecule has 1 heterocycles. The molecule has 1 aliphatic carbocycles. The van der Waals surface area contributed by atoms with E-state index in [1.807, 2.05) is 51.1 Å². The molecule has 0 radical (unpaired) electrons. The Hall–Kier alpha value is -3.19. The molecule has 1 fully saturated rings. The number of imidazole rings is 1. The van der Waals surface area contributed by atoms with Crippen LogP contribution in [-0.2, 0) is 16.1 Å². The van der Waals surface area contributed by atoms with Crippen molar-refractivity contribution in [1.82, 2.24) is 20.2 Å². The molecule has 1 unspecified atom stereocenters. The molecule has 1 aliphatic rings. The zero-order valence-corrected chi connectivity index (χ0v) is 23.9. The van der Waals surface area contributed by atoms with Gasteiger partial charge in [0.05, 0.1) is 24.5 Å². The average Bonchev–Trinajstić information content (AvgIpc) is 3.72. The van der Waals surface area contributed by atoms with Crippen molar-refractivity contribution in [2.24, 2.45) is 5.92 Å².